The molecule has 2 aromatic rings. The smallest absolute Gasteiger partial charge is 0.184 e. The molecule has 0 spiro atoms. The first-order chi connectivity index (χ1) is 6.33. The largest absolute Gasteiger partial charge is 0.394 e. The summed E-state index contributed by atoms with van der Waals surface area (Å²) in [6.45, 7) is -0.119. The number of tetrazole rings is 1. The van der Waals surface area contributed by atoms with Gasteiger partial charge in [-0.05, 0) is 16.5 Å². The zero-order valence-corrected chi connectivity index (χ0v) is 6.83. The molecule has 6 nitrogen and oxygen atoms in total. The number of fused-ring (bicyclic) bond motifs is 1. The second-order valence-electron chi connectivity index (χ2n) is 2.70. The fraction of sp³-hybridized carbons (Fsp3) is 0.286. The van der Waals surface area contributed by atoms with E-state index < -0.39 is 6.04 Å². The van der Waals surface area contributed by atoms with Crippen LogP contribution in [0.2, 0.25) is 0 Å². The zero-order chi connectivity index (χ0) is 9.26. The van der Waals surface area contributed by atoms with Crippen LogP contribution >= 0.6 is 0 Å². The quantitative estimate of drug-likeness (QED) is 0.624. The predicted molar refractivity (Wildman–Crippen MR) is 44.8 cm³/mol. The van der Waals surface area contributed by atoms with Gasteiger partial charge in [-0.1, -0.05) is 6.07 Å². The van der Waals surface area contributed by atoms with Crippen molar-refractivity contribution in [3.8, 4) is 0 Å². The molecule has 0 saturated heterocycles. The van der Waals surface area contributed by atoms with E-state index in [-0.39, 0.29) is 6.61 Å². The van der Waals surface area contributed by atoms with Crippen LogP contribution in [0.15, 0.2) is 18.3 Å². The maximum Gasteiger partial charge on any atom is 0.184 e. The third-order valence-electron chi connectivity index (χ3n) is 1.85. The van der Waals surface area contributed by atoms with Gasteiger partial charge in [-0.25, -0.2) is 4.52 Å². The van der Waals surface area contributed by atoms with Crippen LogP contribution in [-0.2, 0) is 0 Å². The topological polar surface area (TPSA) is 89.3 Å². The average molecular weight is 179 g/mol. The third kappa shape index (κ3) is 1.25. The van der Waals surface area contributed by atoms with E-state index in [1.165, 1.54) is 4.52 Å². The van der Waals surface area contributed by atoms with Crippen LogP contribution in [0.5, 0.6) is 0 Å². The molecule has 0 aliphatic heterocycles. The molecule has 2 rings (SSSR count). The van der Waals surface area contributed by atoms with Gasteiger partial charge in [0.15, 0.2) is 5.65 Å². The molecule has 13 heavy (non-hydrogen) atoms. The van der Waals surface area contributed by atoms with Crippen molar-refractivity contribution in [2.45, 2.75) is 6.04 Å². The van der Waals surface area contributed by atoms with Crippen LogP contribution in [0.25, 0.3) is 5.65 Å². The molecule has 0 saturated carbocycles. The summed E-state index contributed by atoms with van der Waals surface area (Å²) >= 11 is 0. The van der Waals surface area contributed by atoms with Crippen molar-refractivity contribution >= 4 is 5.65 Å². The monoisotopic (exact) mass is 179 g/mol. The van der Waals surface area contributed by atoms with E-state index in [4.69, 9.17) is 10.8 Å². The van der Waals surface area contributed by atoms with Crippen LogP contribution in [0.1, 0.15) is 11.6 Å². The highest BCUT2D eigenvalue weighted by atomic mass is 16.3. The standard InChI is InChI=1S/C7H9N5O/c8-6(4-13)5-2-1-3-12-7(5)9-10-11-12/h1-3,6,13H,4,8H2. The van der Waals surface area contributed by atoms with Crippen LogP contribution in [0, 0.1) is 0 Å². The van der Waals surface area contributed by atoms with Gasteiger partial charge in [0.1, 0.15) is 0 Å². The molecular formula is C7H9N5O. The fourth-order valence-corrected chi connectivity index (χ4v) is 1.17. The molecule has 6 heteroatoms. The van der Waals surface area contributed by atoms with E-state index in [9.17, 15) is 0 Å². The van der Waals surface area contributed by atoms with Crippen molar-refractivity contribution in [1.29, 1.82) is 0 Å². The number of nitrogens with zero attached hydrogens (tertiary/aromatic N) is 4. The molecular weight excluding hydrogens is 170 g/mol. The molecule has 0 aromatic carbocycles. The van der Waals surface area contributed by atoms with Crippen molar-refractivity contribution < 1.29 is 5.11 Å². The minimum absolute atomic E-state index is 0.119. The lowest BCUT2D eigenvalue weighted by atomic mass is 10.1. The summed E-state index contributed by atoms with van der Waals surface area (Å²) in [5.41, 5.74) is 6.99. The number of pyridine rings is 1. The number of hydrogen-bond donors (Lipinski definition) is 2. The number of aromatic nitrogens is 4. The molecule has 0 amide bonds. The SMILES string of the molecule is NC(CO)c1cccn2nnnc12. The Bertz CT molecular complexity index is 412. The maximum absolute atomic E-state index is 8.88. The van der Waals surface area contributed by atoms with Crippen LogP contribution in [-0.4, -0.2) is 31.8 Å². The van der Waals surface area contributed by atoms with E-state index in [0.717, 1.165) is 5.56 Å². The third-order valence-corrected chi connectivity index (χ3v) is 1.85. The van der Waals surface area contributed by atoms with E-state index in [0.29, 0.717) is 5.65 Å². The van der Waals surface area contributed by atoms with Gasteiger partial charge in [0.25, 0.3) is 0 Å². The molecule has 0 radical (unpaired) electrons. The highest BCUT2D eigenvalue weighted by Gasteiger charge is 2.10. The Kier molecular flexibility index (Phi) is 1.91. The Morgan fingerprint density at radius 1 is 1.62 bits per heavy atom. The average Bonchev–Trinajstić information content (AvgIpc) is 2.63. The first kappa shape index (κ1) is 8.09. The van der Waals surface area contributed by atoms with Crippen LogP contribution in [0.3, 0.4) is 0 Å². The Morgan fingerprint density at radius 2 is 2.46 bits per heavy atom. The number of hydrogen-bond acceptors (Lipinski definition) is 5. The number of aliphatic hydroxyl groups is 1. The Balaban J connectivity index is 2.60. The van der Waals surface area contributed by atoms with Gasteiger partial charge in [-0.15, -0.1) is 5.10 Å². The molecule has 1 atom stereocenters. The molecule has 1 unspecified atom stereocenters. The molecule has 0 aliphatic rings. The molecule has 3 N–H and O–H groups in total. The number of aliphatic hydroxyl groups excluding tert-OH is 1. The molecule has 0 fully saturated rings. The van der Waals surface area contributed by atoms with E-state index in [1.807, 2.05) is 0 Å². The van der Waals surface area contributed by atoms with Gasteiger partial charge in [0.2, 0.25) is 0 Å². The zero-order valence-electron chi connectivity index (χ0n) is 6.83. The number of rotatable bonds is 2. The summed E-state index contributed by atoms with van der Waals surface area (Å²) in [6, 6.07) is 3.15. The van der Waals surface area contributed by atoms with E-state index in [2.05, 4.69) is 15.5 Å². The second-order valence-corrected chi connectivity index (χ2v) is 2.70. The van der Waals surface area contributed by atoms with Crippen molar-refractivity contribution in [2.24, 2.45) is 5.73 Å². The molecule has 0 bridgehead atoms. The lowest BCUT2D eigenvalue weighted by Gasteiger charge is -2.07. The second kappa shape index (κ2) is 3.08. The highest BCUT2D eigenvalue weighted by molar-refractivity contribution is 5.46. The van der Waals surface area contributed by atoms with Gasteiger partial charge < -0.3 is 10.8 Å². The van der Waals surface area contributed by atoms with Gasteiger partial charge in [-0.3, -0.25) is 0 Å². The van der Waals surface area contributed by atoms with Crippen molar-refractivity contribution in [3.63, 3.8) is 0 Å². The van der Waals surface area contributed by atoms with Crippen LogP contribution in [0.4, 0.5) is 0 Å². The van der Waals surface area contributed by atoms with Gasteiger partial charge >= 0.3 is 0 Å². The van der Waals surface area contributed by atoms with Crippen molar-refractivity contribution in [2.75, 3.05) is 6.61 Å². The Hall–Kier alpha value is -1.53. The van der Waals surface area contributed by atoms with Crippen molar-refractivity contribution in [1.82, 2.24) is 20.0 Å². The first-order valence-corrected chi connectivity index (χ1v) is 3.86. The summed E-state index contributed by atoms with van der Waals surface area (Å²) in [6.07, 6.45) is 1.73. The molecule has 2 aromatic heterocycles. The Labute approximate surface area is 74.0 Å². The first-order valence-electron chi connectivity index (χ1n) is 3.86. The normalized spacial score (nSPS) is 13.4. The van der Waals surface area contributed by atoms with Gasteiger partial charge in [-0.2, -0.15) is 0 Å². The number of nitrogens with two attached hydrogens (primary N) is 1. The minimum atomic E-state index is -0.435. The predicted octanol–water partition coefficient (Wildman–Crippen LogP) is -0.884. The summed E-state index contributed by atoms with van der Waals surface area (Å²) in [4.78, 5) is 0. The molecule has 68 valence electrons. The summed E-state index contributed by atoms with van der Waals surface area (Å²) in [5, 5.41) is 19.9. The summed E-state index contributed by atoms with van der Waals surface area (Å²) in [7, 11) is 0. The van der Waals surface area contributed by atoms with Crippen molar-refractivity contribution in [3.05, 3.63) is 23.9 Å². The van der Waals surface area contributed by atoms with Gasteiger partial charge in [0.05, 0.1) is 12.6 Å². The highest BCUT2D eigenvalue weighted by Crippen LogP contribution is 2.13. The lowest BCUT2D eigenvalue weighted by Crippen LogP contribution is -2.15. The van der Waals surface area contributed by atoms with E-state index in [1.54, 1.807) is 18.3 Å². The fourth-order valence-electron chi connectivity index (χ4n) is 1.17. The Morgan fingerprint density at radius 3 is 3.23 bits per heavy atom. The van der Waals surface area contributed by atoms with E-state index >= 15 is 0 Å². The summed E-state index contributed by atoms with van der Waals surface area (Å²) < 4.78 is 1.52. The molecule has 2 heterocycles. The summed E-state index contributed by atoms with van der Waals surface area (Å²) in [5.74, 6) is 0. The maximum atomic E-state index is 8.88. The minimum Gasteiger partial charge on any atom is -0.394 e. The van der Waals surface area contributed by atoms with Crippen LogP contribution < -0.4 is 5.73 Å². The molecule has 0 aliphatic carbocycles. The lowest BCUT2D eigenvalue weighted by molar-refractivity contribution is 0.268. The van der Waals surface area contributed by atoms with Gasteiger partial charge in [0, 0.05) is 11.8 Å².